The molecule has 3 aromatic rings. The minimum Gasteiger partial charge on any atom is -0.484 e. The molecule has 0 unspecified atom stereocenters. The maximum atomic E-state index is 13.0. The van der Waals surface area contributed by atoms with Gasteiger partial charge in [0.15, 0.2) is 5.76 Å². The number of rotatable bonds is 8. The van der Waals surface area contributed by atoms with Gasteiger partial charge in [-0.2, -0.15) is 5.10 Å². The number of hydrogen-bond donors (Lipinski definition) is 1. The molecule has 1 aromatic carbocycles. The summed E-state index contributed by atoms with van der Waals surface area (Å²) in [6.07, 6.45) is 2.66. The molecule has 0 saturated heterocycles. The molecule has 0 saturated carbocycles. The topological polar surface area (TPSA) is 69.3 Å². The second-order valence-corrected chi connectivity index (χ2v) is 6.37. The number of hydrogen-bond acceptors (Lipinski definition) is 4. The van der Waals surface area contributed by atoms with E-state index in [0.29, 0.717) is 18.1 Å². The lowest BCUT2D eigenvalue weighted by molar-refractivity contribution is 0.0920. The third-order valence-electron chi connectivity index (χ3n) is 3.77. The monoisotopic (exact) mass is 391 g/mol. The summed E-state index contributed by atoms with van der Waals surface area (Å²) in [6.45, 7) is 3.25. The largest absolute Gasteiger partial charge is 0.484 e. The van der Waals surface area contributed by atoms with E-state index in [-0.39, 0.29) is 23.3 Å². The average Bonchev–Trinajstić information content (AvgIpc) is 3.27. The lowest BCUT2D eigenvalue weighted by atomic mass is 10.3. The van der Waals surface area contributed by atoms with Crippen molar-refractivity contribution in [1.82, 2.24) is 15.1 Å². The van der Waals surface area contributed by atoms with E-state index in [1.165, 1.54) is 18.2 Å². The van der Waals surface area contributed by atoms with Gasteiger partial charge in [0.2, 0.25) is 0 Å². The number of aromatic nitrogens is 2. The van der Waals surface area contributed by atoms with Crippen molar-refractivity contribution in [3.8, 4) is 5.75 Å². The van der Waals surface area contributed by atoms with Gasteiger partial charge in [0.25, 0.3) is 5.91 Å². The highest BCUT2D eigenvalue weighted by molar-refractivity contribution is 6.32. The van der Waals surface area contributed by atoms with Crippen molar-refractivity contribution < 1.29 is 18.3 Å². The second-order valence-electron chi connectivity index (χ2n) is 5.96. The van der Waals surface area contributed by atoms with Crippen LogP contribution in [-0.2, 0) is 13.2 Å². The number of ether oxygens (including phenoxy) is 1. The fourth-order valence-electron chi connectivity index (χ4n) is 2.44. The summed E-state index contributed by atoms with van der Waals surface area (Å²) in [5.41, 5.74) is 0.964. The lowest BCUT2D eigenvalue weighted by Gasteiger charge is -2.06. The van der Waals surface area contributed by atoms with Crippen LogP contribution in [0.2, 0.25) is 5.02 Å². The van der Waals surface area contributed by atoms with Crippen molar-refractivity contribution in [2.45, 2.75) is 26.5 Å². The standard InChI is InChI=1S/C19H19ClFN3O3/c1-13-7-10-24(23-13)9-2-8-22-19(25)18-6-4-15(27-18)12-26-17-5-3-14(21)11-16(17)20/h3-7,10-11H,2,8-9,12H2,1H3,(H,22,25). The van der Waals surface area contributed by atoms with Crippen molar-refractivity contribution in [3.63, 3.8) is 0 Å². The molecule has 0 bridgehead atoms. The molecule has 2 aromatic heterocycles. The number of halogens is 2. The van der Waals surface area contributed by atoms with Gasteiger partial charge in [-0.3, -0.25) is 9.48 Å². The highest BCUT2D eigenvalue weighted by Crippen LogP contribution is 2.25. The number of nitrogens with zero attached hydrogens (tertiary/aromatic N) is 2. The van der Waals surface area contributed by atoms with Gasteiger partial charge in [0.05, 0.1) is 10.7 Å². The molecule has 0 fully saturated rings. The van der Waals surface area contributed by atoms with Crippen LogP contribution in [0.3, 0.4) is 0 Å². The van der Waals surface area contributed by atoms with Crippen molar-refractivity contribution in [2.24, 2.45) is 0 Å². The summed E-state index contributed by atoms with van der Waals surface area (Å²) in [7, 11) is 0. The predicted octanol–water partition coefficient (Wildman–Crippen LogP) is 3.98. The molecule has 2 heterocycles. The van der Waals surface area contributed by atoms with E-state index >= 15 is 0 Å². The number of nitrogens with one attached hydrogen (secondary N) is 1. The van der Waals surface area contributed by atoms with Gasteiger partial charge in [0.1, 0.15) is 23.9 Å². The average molecular weight is 392 g/mol. The molecule has 27 heavy (non-hydrogen) atoms. The summed E-state index contributed by atoms with van der Waals surface area (Å²) in [4.78, 5) is 12.1. The summed E-state index contributed by atoms with van der Waals surface area (Å²) >= 11 is 5.90. The van der Waals surface area contributed by atoms with Crippen molar-refractivity contribution >= 4 is 17.5 Å². The third-order valence-corrected chi connectivity index (χ3v) is 4.07. The zero-order valence-electron chi connectivity index (χ0n) is 14.7. The Morgan fingerprint density at radius 2 is 2.19 bits per heavy atom. The number of amides is 1. The zero-order valence-corrected chi connectivity index (χ0v) is 15.5. The van der Waals surface area contributed by atoms with E-state index in [4.69, 9.17) is 20.8 Å². The summed E-state index contributed by atoms with van der Waals surface area (Å²) < 4.78 is 25.8. The molecule has 0 spiro atoms. The van der Waals surface area contributed by atoms with Gasteiger partial charge >= 0.3 is 0 Å². The van der Waals surface area contributed by atoms with Gasteiger partial charge in [0, 0.05) is 19.3 Å². The number of furan rings is 1. The number of carbonyl (C=O) groups excluding carboxylic acids is 1. The Bertz CT molecular complexity index is 923. The Balaban J connectivity index is 1.44. The summed E-state index contributed by atoms with van der Waals surface area (Å²) in [6, 6.07) is 9.03. The normalized spacial score (nSPS) is 10.8. The predicted molar refractivity (Wildman–Crippen MR) is 98.4 cm³/mol. The quantitative estimate of drug-likeness (QED) is 0.590. The molecule has 0 radical (unpaired) electrons. The van der Waals surface area contributed by atoms with E-state index in [0.717, 1.165) is 18.7 Å². The Kier molecular flexibility index (Phi) is 6.13. The molecule has 8 heteroatoms. The molecule has 3 rings (SSSR count). The molecular formula is C19H19ClFN3O3. The van der Waals surface area contributed by atoms with Gasteiger partial charge in [-0.25, -0.2) is 4.39 Å². The van der Waals surface area contributed by atoms with E-state index in [2.05, 4.69) is 10.4 Å². The van der Waals surface area contributed by atoms with E-state index in [1.54, 1.807) is 12.1 Å². The molecular weight excluding hydrogens is 373 g/mol. The van der Waals surface area contributed by atoms with Crippen LogP contribution in [0.15, 0.2) is 47.0 Å². The fraction of sp³-hybridized carbons (Fsp3) is 0.263. The van der Waals surface area contributed by atoms with Crippen molar-refractivity contribution in [3.05, 3.63) is 70.6 Å². The maximum absolute atomic E-state index is 13.0. The fourth-order valence-corrected chi connectivity index (χ4v) is 2.66. The molecule has 0 aliphatic rings. The van der Waals surface area contributed by atoms with E-state index in [1.807, 2.05) is 23.9 Å². The first-order valence-corrected chi connectivity index (χ1v) is 8.84. The smallest absolute Gasteiger partial charge is 0.286 e. The zero-order chi connectivity index (χ0) is 19.2. The van der Waals surface area contributed by atoms with E-state index in [9.17, 15) is 9.18 Å². The van der Waals surface area contributed by atoms with Crippen LogP contribution >= 0.6 is 11.6 Å². The molecule has 0 aliphatic carbocycles. The molecule has 0 atom stereocenters. The molecule has 1 N–H and O–H groups in total. The van der Waals surface area contributed by atoms with E-state index < -0.39 is 5.82 Å². The van der Waals surface area contributed by atoms with Gasteiger partial charge in [-0.15, -0.1) is 0 Å². The second kappa shape index (κ2) is 8.73. The Morgan fingerprint density at radius 1 is 1.33 bits per heavy atom. The van der Waals surface area contributed by atoms with Gasteiger partial charge in [-0.05, 0) is 49.7 Å². The van der Waals surface area contributed by atoms with Crippen LogP contribution in [-0.4, -0.2) is 22.2 Å². The first-order chi connectivity index (χ1) is 13.0. The minimum atomic E-state index is -0.438. The van der Waals surface area contributed by atoms with Crippen LogP contribution < -0.4 is 10.1 Å². The highest BCUT2D eigenvalue weighted by atomic mass is 35.5. The van der Waals surface area contributed by atoms with Crippen molar-refractivity contribution in [2.75, 3.05) is 6.54 Å². The lowest BCUT2D eigenvalue weighted by Crippen LogP contribution is -2.24. The van der Waals surface area contributed by atoms with Crippen LogP contribution in [0.1, 0.15) is 28.4 Å². The minimum absolute atomic E-state index is 0.0806. The molecule has 6 nitrogen and oxygen atoms in total. The molecule has 1 amide bonds. The first kappa shape index (κ1) is 19.0. The maximum Gasteiger partial charge on any atom is 0.286 e. The Labute approximate surface area is 160 Å². The molecule has 0 aliphatic heterocycles. The van der Waals surface area contributed by atoms with Crippen molar-refractivity contribution in [1.29, 1.82) is 0 Å². The summed E-state index contributed by atoms with van der Waals surface area (Å²) in [5, 5.41) is 7.26. The van der Waals surface area contributed by atoms with Gasteiger partial charge in [-0.1, -0.05) is 11.6 Å². The Hall–Kier alpha value is -2.80. The van der Waals surface area contributed by atoms with Crippen LogP contribution in [0.5, 0.6) is 5.75 Å². The van der Waals surface area contributed by atoms with Crippen LogP contribution in [0.4, 0.5) is 4.39 Å². The summed E-state index contributed by atoms with van der Waals surface area (Å²) in [5.74, 6) is 0.278. The highest BCUT2D eigenvalue weighted by Gasteiger charge is 2.12. The number of carbonyl (C=O) groups is 1. The SMILES string of the molecule is Cc1ccn(CCCNC(=O)c2ccc(COc3ccc(F)cc3Cl)o2)n1. The first-order valence-electron chi connectivity index (χ1n) is 8.46. The third kappa shape index (κ3) is 5.34. The molecule has 142 valence electrons. The van der Waals surface area contributed by atoms with Gasteiger partial charge < -0.3 is 14.5 Å². The van der Waals surface area contributed by atoms with Crippen LogP contribution in [0, 0.1) is 12.7 Å². The number of benzene rings is 1. The Morgan fingerprint density at radius 3 is 2.93 bits per heavy atom. The van der Waals surface area contributed by atoms with Crippen LogP contribution in [0.25, 0.3) is 0 Å². The number of aryl methyl sites for hydroxylation is 2.